The number of hydrogen-bond acceptors (Lipinski definition) is 3. The predicted molar refractivity (Wildman–Crippen MR) is 92.7 cm³/mol. The van der Waals surface area contributed by atoms with Gasteiger partial charge in [-0.05, 0) is 37.5 Å². The zero-order valence-corrected chi connectivity index (χ0v) is 14.4. The number of carbonyl (C=O) groups is 2. The standard InChI is InChI=1S/C18H24N4O2/c1-11(2)18(24)22-8-4-5-13(10-22)19-17(23)16-20-14-7-6-12(3)9-15(14)21-16/h6-7,9,11,13H,4-5,8,10H2,1-3H3,(H,19,23)(H,20,21). The summed E-state index contributed by atoms with van der Waals surface area (Å²) >= 11 is 0. The van der Waals surface area contributed by atoms with E-state index >= 15 is 0 Å². The van der Waals surface area contributed by atoms with Crippen LogP contribution in [0.5, 0.6) is 0 Å². The third-order valence-corrected chi connectivity index (χ3v) is 4.41. The highest BCUT2D eigenvalue weighted by Crippen LogP contribution is 2.15. The van der Waals surface area contributed by atoms with Crippen LogP contribution in [-0.4, -0.2) is 45.8 Å². The number of hydrogen-bond donors (Lipinski definition) is 2. The quantitative estimate of drug-likeness (QED) is 0.907. The summed E-state index contributed by atoms with van der Waals surface area (Å²) in [6.45, 7) is 7.15. The molecule has 24 heavy (non-hydrogen) atoms. The summed E-state index contributed by atoms with van der Waals surface area (Å²) in [5, 5.41) is 3.01. The maximum absolute atomic E-state index is 12.5. The molecule has 0 bridgehead atoms. The number of aryl methyl sites for hydroxylation is 1. The van der Waals surface area contributed by atoms with Gasteiger partial charge < -0.3 is 15.2 Å². The number of nitrogens with zero attached hydrogens (tertiary/aromatic N) is 2. The van der Waals surface area contributed by atoms with Crippen LogP contribution in [0.1, 0.15) is 42.9 Å². The van der Waals surface area contributed by atoms with Crippen LogP contribution in [-0.2, 0) is 4.79 Å². The number of rotatable bonds is 3. The third-order valence-electron chi connectivity index (χ3n) is 4.41. The van der Waals surface area contributed by atoms with Crippen molar-refractivity contribution in [1.29, 1.82) is 0 Å². The minimum Gasteiger partial charge on any atom is -0.345 e. The van der Waals surface area contributed by atoms with Gasteiger partial charge in [0.05, 0.1) is 11.0 Å². The molecule has 1 atom stereocenters. The number of aromatic nitrogens is 2. The minimum absolute atomic E-state index is 0.0157. The Hall–Kier alpha value is -2.37. The van der Waals surface area contributed by atoms with Gasteiger partial charge in [0.1, 0.15) is 0 Å². The number of nitrogens with one attached hydrogen (secondary N) is 2. The predicted octanol–water partition coefficient (Wildman–Crippen LogP) is 2.25. The summed E-state index contributed by atoms with van der Waals surface area (Å²) in [5.74, 6) is 0.238. The summed E-state index contributed by atoms with van der Waals surface area (Å²) in [6, 6.07) is 5.83. The van der Waals surface area contributed by atoms with Crippen LogP contribution in [0.15, 0.2) is 18.2 Å². The second kappa shape index (κ2) is 6.63. The molecule has 3 rings (SSSR count). The van der Waals surface area contributed by atoms with E-state index in [0.29, 0.717) is 12.4 Å². The van der Waals surface area contributed by atoms with Gasteiger partial charge in [-0.25, -0.2) is 4.98 Å². The average molecular weight is 328 g/mol. The van der Waals surface area contributed by atoms with E-state index in [2.05, 4.69) is 15.3 Å². The molecule has 0 spiro atoms. The zero-order chi connectivity index (χ0) is 17.3. The Morgan fingerprint density at radius 1 is 1.38 bits per heavy atom. The van der Waals surface area contributed by atoms with Gasteiger partial charge >= 0.3 is 0 Å². The first-order valence-electron chi connectivity index (χ1n) is 8.50. The molecule has 2 amide bonds. The second-order valence-corrected chi connectivity index (χ2v) is 6.86. The lowest BCUT2D eigenvalue weighted by Gasteiger charge is -2.34. The summed E-state index contributed by atoms with van der Waals surface area (Å²) in [7, 11) is 0. The van der Waals surface area contributed by atoms with E-state index in [1.54, 1.807) is 0 Å². The number of aromatic amines is 1. The first-order valence-corrected chi connectivity index (χ1v) is 8.50. The lowest BCUT2D eigenvalue weighted by Crippen LogP contribution is -2.50. The van der Waals surface area contributed by atoms with Gasteiger partial charge in [0.25, 0.3) is 5.91 Å². The van der Waals surface area contributed by atoms with Gasteiger partial charge in [0.2, 0.25) is 5.91 Å². The highest BCUT2D eigenvalue weighted by molar-refractivity contribution is 5.94. The normalized spacial score (nSPS) is 18.2. The monoisotopic (exact) mass is 328 g/mol. The molecule has 1 aliphatic heterocycles. The molecule has 2 heterocycles. The van der Waals surface area contributed by atoms with Crippen molar-refractivity contribution in [3.63, 3.8) is 0 Å². The van der Waals surface area contributed by atoms with E-state index in [0.717, 1.165) is 36.0 Å². The fourth-order valence-corrected chi connectivity index (χ4v) is 3.15. The highest BCUT2D eigenvalue weighted by Gasteiger charge is 2.26. The van der Waals surface area contributed by atoms with Gasteiger partial charge in [-0.3, -0.25) is 9.59 Å². The maximum Gasteiger partial charge on any atom is 0.287 e. The minimum atomic E-state index is -0.215. The molecule has 128 valence electrons. The Morgan fingerprint density at radius 3 is 2.92 bits per heavy atom. The number of imidazole rings is 1. The lowest BCUT2D eigenvalue weighted by molar-refractivity contribution is -0.135. The number of H-pyrrole nitrogens is 1. The second-order valence-electron chi connectivity index (χ2n) is 6.86. The van der Waals surface area contributed by atoms with Crippen molar-refractivity contribution >= 4 is 22.8 Å². The largest absolute Gasteiger partial charge is 0.345 e. The van der Waals surface area contributed by atoms with Gasteiger partial charge in [-0.15, -0.1) is 0 Å². The fraction of sp³-hybridized carbons (Fsp3) is 0.500. The Kier molecular flexibility index (Phi) is 4.55. The van der Waals surface area contributed by atoms with E-state index in [1.807, 2.05) is 43.9 Å². The molecular weight excluding hydrogens is 304 g/mol. The van der Waals surface area contributed by atoms with Gasteiger partial charge in [0.15, 0.2) is 5.82 Å². The molecule has 6 heteroatoms. The summed E-state index contributed by atoms with van der Waals surface area (Å²) in [6.07, 6.45) is 1.79. The summed E-state index contributed by atoms with van der Waals surface area (Å²) in [4.78, 5) is 33.9. The molecule has 1 unspecified atom stereocenters. The Balaban J connectivity index is 1.68. The van der Waals surface area contributed by atoms with Crippen molar-refractivity contribution in [2.24, 2.45) is 5.92 Å². The number of benzene rings is 1. The molecule has 1 aliphatic rings. The van der Waals surface area contributed by atoms with E-state index < -0.39 is 0 Å². The Labute approximate surface area is 141 Å². The topological polar surface area (TPSA) is 78.1 Å². The Bertz CT molecular complexity index is 765. The van der Waals surface area contributed by atoms with Crippen LogP contribution in [0.4, 0.5) is 0 Å². The first kappa shape index (κ1) is 16.5. The van der Waals surface area contributed by atoms with Gasteiger partial charge in [-0.1, -0.05) is 19.9 Å². The van der Waals surface area contributed by atoms with E-state index in [9.17, 15) is 9.59 Å². The third kappa shape index (κ3) is 3.42. The van der Waals surface area contributed by atoms with Crippen molar-refractivity contribution in [1.82, 2.24) is 20.2 Å². The van der Waals surface area contributed by atoms with Crippen molar-refractivity contribution in [2.75, 3.05) is 13.1 Å². The highest BCUT2D eigenvalue weighted by atomic mass is 16.2. The number of amides is 2. The SMILES string of the molecule is Cc1ccc2nc(C(=O)NC3CCCN(C(=O)C(C)C)C3)[nH]c2c1. The molecule has 0 radical (unpaired) electrons. The average Bonchev–Trinajstić information content (AvgIpc) is 2.97. The van der Waals surface area contributed by atoms with Gasteiger partial charge in [0, 0.05) is 25.0 Å². The molecule has 1 fully saturated rings. The molecule has 2 aromatic rings. The molecule has 2 N–H and O–H groups in total. The molecule has 0 aliphatic carbocycles. The van der Waals surface area contributed by atoms with Crippen molar-refractivity contribution < 1.29 is 9.59 Å². The zero-order valence-electron chi connectivity index (χ0n) is 14.4. The molecule has 1 saturated heterocycles. The Morgan fingerprint density at radius 2 is 2.17 bits per heavy atom. The van der Waals surface area contributed by atoms with E-state index in [-0.39, 0.29) is 23.8 Å². The van der Waals surface area contributed by atoms with Gasteiger partial charge in [-0.2, -0.15) is 0 Å². The van der Waals surface area contributed by atoms with Crippen molar-refractivity contribution in [3.05, 3.63) is 29.6 Å². The maximum atomic E-state index is 12.5. The summed E-state index contributed by atoms with van der Waals surface area (Å²) in [5.41, 5.74) is 2.76. The number of carbonyl (C=O) groups excluding carboxylic acids is 2. The molecule has 6 nitrogen and oxygen atoms in total. The fourth-order valence-electron chi connectivity index (χ4n) is 3.15. The van der Waals surface area contributed by atoms with Crippen LogP contribution in [0.25, 0.3) is 11.0 Å². The number of fused-ring (bicyclic) bond motifs is 1. The molecule has 1 aromatic carbocycles. The molecule has 1 aromatic heterocycles. The van der Waals surface area contributed by atoms with E-state index in [1.165, 1.54) is 0 Å². The number of likely N-dealkylation sites (tertiary alicyclic amines) is 1. The molecular formula is C18H24N4O2. The van der Waals surface area contributed by atoms with Crippen LogP contribution >= 0.6 is 0 Å². The van der Waals surface area contributed by atoms with Crippen LogP contribution in [0, 0.1) is 12.8 Å². The van der Waals surface area contributed by atoms with E-state index in [4.69, 9.17) is 0 Å². The smallest absolute Gasteiger partial charge is 0.287 e. The van der Waals surface area contributed by atoms with Crippen molar-refractivity contribution in [2.45, 2.75) is 39.7 Å². The first-order chi connectivity index (χ1) is 11.4. The lowest BCUT2D eigenvalue weighted by atomic mass is 10.0. The van der Waals surface area contributed by atoms with Crippen LogP contribution in [0.2, 0.25) is 0 Å². The number of piperidine rings is 1. The van der Waals surface area contributed by atoms with Crippen molar-refractivity contribution in [3.8, 4) is 0 Å². The van der Waals surface area contributed by atoms with Crippen LogP contribution in [0.3, 0.4) is 0 Å². The summed E-state index contributed by atoms with van der Waals surface area (Å²) < 4.78 is 0. The van der Waals surface area contributed by atoms with Crippen LogP contribution < -0.4 is 5.32 Å². The molecule has 0 saturated carbocycles.